The molecule has 0 radical (unpaired) electrons. The minimum absolute atomic E-state index is 0.182. The second-order valence-electron chi connectivity index (χ2n) is 4.41. The summed E-state index contributed by atoms with van der Waals surface area (Å²) in [4.78, 5) is 8.26. The Morgan fingerprint density at radius 1 is 1.43 bits per heavy atom. The molecule has 1 unspecified atom stereocenters. The van der Waals surface area contributed by atoms with Crippen LogP contribution in [0.1, 0.15) is 6.92 Å². The maximum Gasteiger partial charge on any atom is 0.191 e. The lowest BCUT2D eigenvalue weighted by Crippen LogP contribution is -2.45. The van der Waals surface area contributed by atoms with E-state index in [2.05, 4.69) is 25.9 Å². The Bertz CT molecular complexity index is 470. The first-order valence-electron chi connectivity index (χ1n) is 6.57. The summed E-state index contributed by atoms with van der Waals surface area (Å²) in [5, 5.41) is 10.5. The van der Waals surface area contributed by atoms with Crippen molar-refractivity contribution in [2.24, 2.45) is 4.99 Å². The van der Waals surface area contributed by atoms with Gasteiger partial charge in [-0.15, -0.1) is 0 Å². The van der Waals surface area contributed by atoms with Crippen molar-refractivity contribution in [2.75, 3.05) is 39.2 Å². The van der Waals surface area contributed by atoms with Crippen molar-refractivity contribution >= 4 is 35.0 Å². The van der Waals surface area contributed by atoms with Crippen LogP contribution in [0, 0.1) is 0 Å². The van der Waals surface area contributed by atoms with E-state index in [1.807, 2.05) is 6.92 Å². The van der Waals surface area contributed by atoms with Gasteiger partial charge in [0.1, 0.15) is 5.82 Å². The maximum absolute atomic E-state index is 6.02. The van der Waals surface area contributed by atoms with Crippen molar-refractivity contribution < 1.29 is 4.74 Å². The Labute approximate surface area is 135 Å². The van der Waals surface area contributed by atoms with Gasteiger partial charge in [-0.2, -0.15) is 0 Å². The van der Waals surface area contributed by atoms with Gasteiger partial charge in [-0.25, -0.2) is 4.98 Å². The molecule has 1 heterocycles. The van der Waals surface area contributed by atoms with E-state index in [1.54, 1.807) is 26.4 Å². The molecular formula is C13H21Cl2N5O. The average molecular weight is 334 g/mol. The van der Waals surface area contributed by atoms with E-state index in [0.29, 0.717) is 35.6 Å². The van der Waals surface area contributed by atoms with Crippen molar-refractivity contribution in [1.29, 1.82) is 0 Å². The molecule has 0 amide bonds. The summed E-state index contributed by atoms with van der Waals surface area (Å²) in [5.74, 6) is 1.33. The van der Waals surface area contributed by atoms with E-state index in [-0.39, 0.29) is 6.04 Å². The summed E-state index contributed by atoms with van der Waals surface area (Å²) >= 11 is 11.8. The first-order valence-corrected chi connectivity index (χ1v) is 7.33. The number of aromatic nitrogens is 1. The average Bonchev–Trinajstić information content (AvgIpc) is 2.44. The third-order valence-corrected chi connectivity index (χ3v) is 3.04. The van der Waals surface area contributed by atoms with Gasteiger partial charge in [-0.1, -0.05) is 23.2 Å². The Morgan fingerprint density at radius 2 is 2.19 bits per heavy atom. The number of pyridine rings is 1. The molecular weight excluding hydrogens is 313 g/mol. The number of hydrogen-bond acceptors (Lipinski definition) is 4. The number of nitrogens with one attached hydrogen (secondary N) is 3. The highest BCUT2D eigenvalue weighted by Gasteiger charge is 2.05. The molecule has 0 aromatic carbocycles. The quantitative estimate of drug-likeness (QED) is 0.404. The zero-order chi connectivity index (χ0) is 15.7. The topological polar surface area (TPSA) is 70.6 Å². The summed E-state index contributed by atoms with van der Waals surface area (Å²) < 4.78 is 5.06. The molecule has 3 N–H and O–H groups in total. The molecule has 1 aromatic heterocycles. The van der Waals surface area contributed by atoms with Gasteiger partial charge in [-0.3, -0.25) is 4.99 Å². The van der Waals surface area contributed by atoms with Gasteiger partial charge >= 0.3 is 0 Å². The number of aliphatic imine (C=N–C) groups is 1. The molecule has 0 saturated heterocycles. The summed E-state index contributed by atoms with van der Waals surface area (Å²) in [6.45, 7) is 3.95. The van der Waals surface area contributed by atoms with Crippen LogP contribution in [-0.2, 0) is 4.74 Å². The van der Waals surface area contributed by atoms with Crippen LogP contribution in [-0.4, -0.2) is 50.8 Å². The van der Waals surface area contributed by atoms with Crippen LogP contribution < -0.4 is 16.0 Å². The van der Waals surface area contributed by atoms with Gasteiger partial charge in [0, 0.05) is 39.5 Å². The fraction of sp³-hybridized carbons (Fsp3) is 0.538. The SMILES string of the molecule is CN=C(NCCNc1ncc(Cl)cc1Cl)NC(C)COC. The number of hydrogen-bond donors (Lipinski definition) is 3. The Hall–Kier alpha value is -1.24. The van der Waals surface area contributed by atoms with Crippen molar-refractivity contribution in [2.45, 2.75) is 13.0 Å². The highest BCUT2D eigenvalue weighted by molar-refractivity contribution is 6.35. The minimum atomic E-state index is 0.182. The normalized spacial score (nSPS) is 12.9. The van der Waals surface area contributed by atoms with Gasteiger partial charge < -0.3 is 20.7 Å². The van der Waals surface area contributed by atoms with Crippen LogP contribution in [0.15, 0.2) is 17.3 Å². The lowest BCUT2D eigenvalue weighted by molar-refractivity contribution is 0.179. The predicted molar refractivity (Wildman–Crippen MR) is 88.6 cm³/mol. The third-order valence-electron chi connectivity index (χ3n) is 2.54. The van der Waals surface area contributed by atoms with E-state index >= 15 is 0 Å². The van der Waals surface area contributed by atoms with Gasteiger partial charge in [0.15, 0.2) is 5.96 Å². The molecule has 21 heavy (non-hydrogen) atoms. The first kappa shape index (κ1) is 17.8. The monoisotopic (exact) mass is 333 g/mol. The second kappa shape index (κ2) is 9.65. The van der Waals surface area contributed by atoms with E-state index in [9.17, 15) is 0 Å². The zero-order valence-electron chi connectivity index (χ0n) is 12.4. The van der Waals surface area contributed by atoms with Gasteiger partial charge in [-0.05, 0) is 13.0 Å². The van der Waals surface area contributed by atoms with Crippen LogP contribution >= 0.6 is 23.2 Å². The Morgan fingerprint density at radius 3 is 2.81 bits per heavy atom. The van der Waals surface area contributed by atoms with E-state index < -0.39 is 0 Å². The molecule has 1 aromatic rings. The van der Waals surface area contributed by atoms with Crippen molar-refractivity contribution in [1.82, 2.24) is 15.6 Å². The van der Waals surface area contributed by atoms with Gasteiger partial charge in [0.25, 0.3) is 0 Å². The van der Waals surface area contributed by atoms with E-state index in [0.717, 1.165) is 5.96 Å². The molecule has 0 bridgehead atoms. The van der Waals surface area contributed by atoms with Crippen LogP contribution in [0.25, 0.3) is 0 Å². The fourth-order valence-electron chi connectivity index (χ4n) is 1.63. The Kier molecular flexibility index (Phi) is 8.19. The number of anilines is 1. The highest BCUT2D eigenvalue weighted by atomic mass is 35.5. The molecule has 118 valence electrons. The van der Waals surface area contributed by atoms with Crippen molar-refractivity contribution in [3.8, 4) is 0 Å². The predicted octanol–water partition coefficient (Wildman–Crippen LogP) is 2.00. The van der Waals surface area contributed by atoms with Crippen LogP contribution in [0.4, 0.5) is 5.82 Å². The summed E-state index contributed by atoms with van der Waals surface area (Å²) in [7, 11) is 3.39. The third kappa shape index (κ3) is 6.84. The summed E-state index contributed by atoms with van der Waals surface area (Å²) in [6, 6.07) is 1.83. The number of ether oxygens (including phenoxy) is 1. The van der Waals surface area contributed by atoms with Gasteiger partial charge in [0.05, 0.1) is 16.7 Å². The molecule has 8 heteroatoms. The van der Waals surface area contributed by atoms with Crippen LogP contribution in [0.3, 0.4) is 0 Å². The molecule has 6 nitrogen and oxygen atoms in total. The number of guanidine groups is 1. The number of halogens is 2. The Balaban J connectivity index is 2.32. The summed E-state index contributed by atoms with van der Waals surface area (Å²) in [5.41, 5.74) is 0. The molecule has 0 spiro atoms. The second-order valence-corrected chi connectivity index (χ2v) is 5.25. The van der Waals surface area contributed by atoms with E-state index in [4.69, 9.17) is 27.9 Å². The molecule has 0 saturated carbocycles. The number of nitrogens with zero attached hydrogens (tertiary/aromatic N) is 2. The molecule has 0 fully saturated rings. The largest absolute Gasteiger partial charge is 0.383 e. The lowest BCUT2D eigenvalue weighted by atomic mass is 10.4. The van der Waals surface area contributed by atoms with Crippen LogP contribution in [0.5, 0.6) is 0 Å². The maximum atomic E-state index is 6.02. The van der Waals surface area contributed by atoms with Crippen molar-refractivity contribution in [3.05, 3.63) is 22.3 Å². The molecule has 1 rings (SSSR count). The summed E-state index contributed by atoms with van der Waals surface area (Å²) in [6.07, 6.45) is 1.55. The number of methoxy groups -OCH3 is 1. The van der Waals surface area contributed by atoms with Gasteiger partial charge in [0.2, 0.25) is 0 Å². The molecule has 0 aliphatic carbocycles. The highest BCUT2D eigenvalue weighted by Crippen LogP contribution is 2.21. The molecule has 0 aliphatic heterocycles. The van der Waals surface area contributed by atoms with Crippen LogP contribution in [0.2, 0.25) is 10.0 Å². The first-order chi connectivity index (χ1) is 10.1. The van der Waals surface area contributed by atoms with E-state index in [1.165, 1.54) is 0 Å². The molecule has 0 aliphatic rings. The lowest BCUT2D eigenvalue weighted by Gasteiger charge is -2.17. The molecule has 1 atom stereocenters. The number of rotatable bonds is 7. The zero-order valence-corrected chi connectivity index (χ0v) is 13.9. The minimum Gasteiger partial charge on any atom is -0.383 e. The van der Waals surface area contributed by atoms with Crippen molar-refractivity contribution in [3.63, 3.8) is 0 Å². The smallest absolute Gasteiger partial charge is 0.191 e. The standard InChI is InChI=1S/C13H21Cl2N5O/c1-9(8-21-3)20-13(16-2)18-5-4-17-12-11(15)6-10(14)7-19-12/h6-7,9H,4-5,8H2,1-3H3,(H,17,19)(H2,16,18,20). The fourth-order valence-corrected chi connectivity index (χ4v) is 2.07.